The predicted octanol–water partition coefficient (Wildman–Crippen LogP) is 7.24. The van der Waals surface area contributed by atoms with Gasteiger partial charge >= 0.3 is 5.97 Å². The lowest BCUT2D eigenvalue weighted by Gasteiger charge is -2.45. The molecule has 39 heavy (non-hydrogen) atoms. The largest absolute Gasteiger partial charge is 0.504 e. The molecule has 1 aliphatic carbocycles. The molecule has 0 saturated carbocycles. The zero-order valence-electron chi connectivity index (χ0n) is 24.7. The molecule has 1 aromatic heterocycles. The van der Waals surface area contributed by atoms with Crippen LogP contribution in [0.1, 0.15) is 107 Å². The van der Waals surface area contributed by atoms with E-state index in [1.54, 1.807) is 6.07 Å². The average Bonchev–Trinajstić information content (AvgIpc) is 3.38. The molecule has 6 heteroatoms. The number of fused-ring (bicyclic) bond motifs is 2. The van der Waals surface area contributed by atoms with E-state index < -0.39 is 11.9 Å². The van der Waals surface area contributed by atoms with Gasteiger partial charge in [-0.25, -0.2) is 4.79 Å². The van der Waals surface area contributed by atoms with E-state index in [1.165, 1.54) is 0 Å². The molecule has 210 valence electrons. The second-order valence-electron chi connectivity index (χ2n) is 13.4. The zero-order valence-corrected chi connectivity index (χ0v) is 24.7. The van der Waals surface area contributed by atoms with Crippen LogP contribution in [0.3, 0.4) is 0 Å². The summed E-state index contributed by atoms with van der Waals surface area (Å²) in [5.41, 5.74) is 4.70. The van der Waals surface area contributed by atoms with Crippen molar-refractivity contribution in [3.63, 3.8) is 0 Å². The van der Waals surface area contributed by atoms with Gasteiger partial charge in [0, 0.05) is 35.2 Å². The number of aromatic nitrogens is 1. The smallest absolute Gasteiger partial charge is 0.354 e. The summed E-state index contributed by atoms with van der Waals surface area (Å²) in [7, 11) is 0. The van der Waals surface area contributed by atoms with Crippen LogP contribution in [-0.4, -0.2) is 34.1 Å². The van der Waals surface area contributed by atoms with Gasteiger partial charge < -0.3 is 23.9 Å². The maximum atomic E-state index is 12.9. The molecule has 2 aromatic rings. The SMILES string of the molecule is C=C[C@@H]1[C@@H]2CCCn3c(C(=O)OCC)cc(c32)C2=CC(Oc3c(O)cc(C(C)(C)C)cc3C(C)(C)C)O[C@@]21C. The molecule has 2 aliphatic heterocycles. The molecule has 1 N–H and O–H groups in total. The number of carbonyl (C=O) groups excluding carboxylic acids is 1. The second-order valence-corrected chi connectivity index (χ2v) is 13.4. The Kier molecular flexibility index (Phi) is 6.57. The highest BCUT2D eigenvalue weighted by molar-refractivity contribution is 5.91. The summed E-state index contributed by atoms with van der Waals surface area (Å²) in [5.74, 6) is 0.450. The van der Waals surface area contributed by atoms with Gasteiger partial charge in [0.15, 0.2) is 11.5 Å². The number of benzene rings is 1. The van der Waals surface area contributed by atoms with Gasteiger partial charge in [-0.05, 0) is 66.9 Å². The van der Waals surface area contributed by atoms with Crippen molar-refractivity contribution in [2.45, 2.75) is 103 Å². The number of ether oxygens (including phenoxy) is 3. The number of rotatable bonds is 5. The number of nitrogens with zero attached hydrogens (tertiary/aromatic N) is 1. The van der Waals surface area contributed by atoms with Crippen molar-refractivity contribution >= 4 is 11.5 Å². The standard InChI is InChI=1S/C33H43NO5/c1-10-22-20-13-12-14-34-25(30(36)37-11-2)17-21(28(20)34)23-18-27(39-33(22,23)9)38-29-24(32(6,7)8)15-19(16-26(29)35)31(3,4)5/h10,15-18,20,22,27,35H,1,11-14H2,2-9H3/t20-,22+,27?,33+/m0/s1. The molecule has 0 radical (unpaired) electrons. The van der Waals surface area contributed by atoms with Crippen molar-refractivity contribution in [1.82, 2.24) is 4.57 Å². The molecular weight excluding hydrogens is 490 g/mol. The van der Waals surface area contributed by atoms with Crippen LogP contribution in [0.4, 0.5) is 0 Å². The van der Waals surface area contributed by atoms with E-state index in [9.17, 15) is 9.90 Å². The molecule has 6 nitrogen and oxygen atoms in total. The van der Waals surface area contributed by atoms with Gasteiger partial charge in [0.2, 0.25) is 6.29 Å². The minimum atomic E-state index is -0.707. The first-order valence-corrected chi connectivity index (χ1v) is 14.2. The van der Waals surface area contributed by atoms with E-state index in [2.05, 4.69) is 65.7 Å². The van der Waals surface area contributed by atoms with Crippen molar-refractivity contribution < 1.29 is 24.1 Å². The third-order valence-corrected chi connectivity index (χ3v) is 8.66. The Bertz CT molecular complexity index is 1350. The Morgan fingerprint density at radius 2 is 1.92 bits per heavy atom. The summed E-state index contributed by atoms with van der Waals surface area (Å²) in [5, 5.41) is 11.2. The summed E-state index contributed by atoms with van der Waals surface area (Å²) in [6.45, 7) is 22.0. The van der Waals surface area contributed by atoms with E-state index in [-0.39, 0.29) is 34.4 Å². The van der Waals surface area contributed by atoms with Crippen molar-refractivity contribution in [1.29, 1.82) is 0 Å². The third-order valence-electron chi connectivity index (χ3n) is 8.66. The second kappa shape index (κ2) is 9.29. The Hall–Kier alpha value is -2.99. The molecule has 1 unspecified atom stereocenters. The van der Waals surface area contributed by atoms with Crippen LogP contribution in [0.15, 0.2) is 36.9 Å². The first kappa shape index (κ1) is 27.6. The van der Waals surface area contributed by atoms with E-state index in [0.717, 1.165) is 47.3 Å². The van der Waals surface area contributed by atoms with E-state index in [4.69, 9.17) is 14.2 Å². The highest BCUT2D eigenvalue weighted by Gasteiger charge is 2.54. The molecule has 0 bridgehead atoms. The van der Waals surface area contributed by atoms with Crippen molar-refractivity contribution in [2.75, 3.05) is 6.61 Å². The normalized spacial score (nSPS) is 25.9. The topological polar surface area (TPSA) is 69.9 Å². The summed E-state index contributed by atoms with van der Waals surface area (Å²) >= 11 is 0. The summed E-state index contributed by atoms with van der Waals surface area (Å²) in [6.07, 6.45) is 5.27. The lowest BCUT2D eigenvalue weighted by atomic mass is 9.65. The van der Waals surface area contributed by atoms with Gasteiger partial charge in [0.05, 0.1) is 6.61 Å². The average molecular weight is 534 g/mol. The van der Waals surface area contributed by atoms with Crippen LogP contribution < -0.4 is 4.74 Å². The Morgan fingerprint density at radius 1 is 1.21 bits per heavy atom. The number of hydrogen-bond donors (Lipinski definition) is 1. The molecule has 3 aliphatic rings. The predicted molar refractivity (Wildman–Crippen MR) is 153 cm³/mol. The van der Waals surface area contributed by atoms with Crippen molar-refractivity contribution in [3.8, 4) is 11.5 Å². The van der Waals surface area contributed by atoms with Crippen molar-refractivity contribution in [3.05, 3.63) is 65.0 Å². The molecule has 0 amide bonds. The number of carbonyl (C=O) groups is 1. The maximum Gasteiger partial charge on any atom is 0.354 e. The molecule has 1 aromatic carbocycles. The highest BCUT2D eigenvalue weighted by Crippen LogP contribution is 2.57. The number of aromatic hydroxyl groups is 1. The molecule has 4 atom stereocenters. The lowest BCUT2D eigenvalue weighted by molar-refractivity contribution is -0.120. The fraction of sp³-hybridized carbons (Fsp3) is 0.545. The van der Waals surface area contributed by atoms with E-state index in [1.807, 2.05) is 25.1 Å². The highest BCUT2D eigenvalue weighted by atomic mass is 16.7. The fourth-order valence-electron chi connectivity index (χ4n) is 6.68. The summed E-state index contributed by atoms with van der Waals surface area (Å²) in [6, 6.07) is 5.91. The van der Waals surface area contributed by atoms with Gasteiger partial charge in [-0.3, -0.25) is 0 Å². The zero-order chi connectivity index (χ0) is 28.5. The van der Waals surface area contributed by atoms with Crippen LogP contribution in [0, 0.1) is 5.92 Å². The Balaban J connectivity index is 1.60. The first-order valence-electron chi connectivity index (χ1n) is 14.2. The molecule has 0 fully saturated rings. The third kappa shape index (κ3) is 4.41. The number of phenolic OH excluding ortho intramolecular Hbond substituents is 1. The number of hydrogen-bond acceptors (Lipinski definition) is 5. The Labute approximate surface area is 232 Å². The minimum Gasteiger partial charge on any atom is -0.504 e. The van der Waals surface area contributed by atoms with E-state index in [0.29, 0.717) is 18.1 Å². The molecule has 3 heterocycles. The van der Waals surface area contributed by atoms with Gasteiger partial charge in [0.1, 0.15) is 11.3 Å². The van der Waals surface area contributed by atoms with Gasteiger partial charge in [-0.2, -0.15) is 0 Å². The minimum absolute atomic E-state index is 0.00722. The summed E-state index contributed by atoms with van der Waals surface area (Å²) in [4.78, 5) is 12.9. The van der Waals surface area contributed by atoms with Gasteiger partial charge in [-0.1, -0.05) is 53.7 Å². The maximum absolute atomic E-state index is 12.9. The van der Waals surface area contributed by atoms with E-state index >= 15 is 0 Å². The van der Waals surface area contributed by atoms with Crippen molar-refractivity contribution in [2.24, 2.45) is 5.92 Å². The Morgan fingerprint density at radius 3 is 2.54 bits per heavy atom. The molecule has 5 rings (SSSR count). The van der Waals surface area contributed by atoms with Crippen LogP contribution in [-0.2, 0) is 26.8 Å². The first-order chi connectivity index (χ1) is 18.2. The van der Waals surface area contributed by atoms with Crippen LogP contribution in [0.25, 0.3) is 5.57 Å². The van der Waals surface area contributed by atoms with Gasteiger partial charge in [-0.15, -0.1) is 6.58 Å². The van der Waals surface area contributed by atoms with Crippen LogP contribution in [0.5, 0.6) is 11.5 Å². The quantitative estimate of drug-likeness (QED) is 0.324. The van der Waals surface area contributed by atoms with Crippen LogP contribution >= 0.6 is 0 Å². The summed E-state index contributed by atoms with van der Waals surface area (Å²) < 4.78 is 20.8. The number of phenols is 1. The lowest BCUT2D eigenvalue weighted by Crippen LogP contribution is -2.45. The fourth-order valence-corrected chi connectivity index (χ4v) is 6.68. The monoisotopic (exact) mass is 533 g/mol. The molecular formula is C33H43NO5. The molecule has 0 spiro atoms. The number of esters is 1. The van der Waals surface area contributed by atoms with Crippen LogP contribution in [0.2, 0.25) is 0 Å². The van der Waals surface area contributed by atoms with Gasteiger partial charge in [0.25, 0.3) is 0 Å². The molecule has 0 saturated heterocycles.